The Kier molecular flexibility index (Phi) is 5.44. The van der Waals surface area contributed by atoms with Crippen molar-refractivity contribution in [2.24, 2.45) is 0 Å². The van der Waals surface area contributed by atoms with Crippen molar-refractivity contribution in [3.63, 3.8) is 0 Å². The van der Waals surface area contributed by atoms with Gasteiger partial charge in [0.2, 0.25) is 0 Å². The number of anilines is 1. The summed E-state index contributed by atoms with van der Waals surface area (Å²) in [5.74, 6) is 5.25. The number of aliphatic hydroxyl groups is 1. The van der Waals surface area contributed by atoms with E-state index in [1.54, 1.807) is 18.2 Å². The van der Waals surface area contributed by atoms with Crippen LogP contribution in [0.1, 0.15) is 15.9 Å². The smallest absolute Gasteiger partial charge is 0.256 e. The SMILES string of the molecule is CSc1ccccc1C(=O)Nc1ccccc1C#CCO. The number of hydrogen-bond acceptors (Lipinski definition) is 3. The highest BCUT2D eigenvalue weighted by Crippen LogP contribution is 2.22. The van der Waals surface area contributed by atoms with E-state index in [0.717, 1.165) is 4.90 Å². The van der Waals surface area contributed by atoms with E-state index < -0.39 is 0 Å². The fourth-order valence-electron chi connectivity index (χ4n) is 1.86. The first-order valence-corrected chi connectivity index (χ1v) is 7.62. The maximum atomic E-state index is 12.4. The van der Waals surface area contributed by atoms with Gasteiger partial charge in [0.15, 0.2) is 0 Å². The van der Waals surface area contributed by atoms with Gasteiger partial charge in [0.25, 0.3) is 5.91 Å². The molecular formula is C17H15NO2S. The minimum absolute atomic E-state index is 0.168. The average molecular weight is 297 g/mol. The second-order valence-electron chi connectivity index (χ2n) is 4.16. The molecule has 4 heteroatoms. The third kappa shape index (κ3) is 3.88. The number of carbonyl (C=O) groups excluding carboxylic acids is 1. The summed E-state index contributed by atoms with van der Waals surface area (Å²) in [5.41, 5.74) is 1.95. The maximum absolute atomic E-state index is 12.4. The molecule has 0 heterocycles. The van der Waals surface area contributed by atoms with E-state index >= 15 is 0 Å². The van der Waals surface area contributed by atoms with Crippen LogP contribution in [0.5, 0.6) is 0 Å². The lowest BCUT2D eigenvalue weighted by Crippen LogP contribution is -2.13. The van der Waals surface area contributed by atoms with E-state index in [1.165, 1.54) is 11.8 Å². The van der Waals surface area contributed by atoms with Crippen LogP contribution in [0, 0.1) is 11.8 Å². The Morgan fingerprint density at radius 3 is 2.67 bits per heavy atom. The highest BCUT2D eigenvalue weighted by molar-refractivity contribution is 7.98. The van der Waals surface area contributed by atoms with Crippen molar-refractivity contribution in [1.29, 1.82) is 0 Å². The van der Waals surface area contributed by atoms with E-state index in [9.17, 15) is 4.79 Å². The molecular weight excluding hydrogens is 282 g/mol. The lowest BCUT2D eigenvalue weighted by Gasteiger charge is -2.10. The Morgan fingerprint density at radius 2 is 1.90 bits per heavy atom. The van der Waals surface area contributed by atoms with Crippen LogP contribution in [0.15, 0.2) is 53.4 Å². The molecule has 0 spiro atoms. The Bertz CT molecular complexity index is 701. The molecule has 106 valence electrons. The minimum atomic E-state index is -0.211. The highest BCUT2D eigenvalue weighted by Gasteiger charge is 2.11. The molecule has 0 aliphatic heterocycles. The van der Waals surface area contributed by atoms with Gasteiger partial charge < -0.3 is 10.4 Å². The summed E-state index contributed by atoms with van der Waals surface area (Å²) < 4.78 is 0. The predicted octanol–water partition coefficient (Wildman–Crippen LogP) is 3.00. The van der Waals surface area contributed by atoms with Gasteiger partial charge in [0.05, 0.1) is 11.3 Å². The molecule has 0 saturated carbocycles. The molecule has 2 aromatic carbocycles. The summed E-state index contributed by atoms with van der Waals surface area (Å²) in [4.78, 5) is 13.3. The standard InChI is InChI=1S/C17H15NO2S/c1-21-16-11-5-3-9-14(16)17(20)18-15-10-4-2-7-13(15)8-6-12-19/h2-5,7,9-11,19H,12H2,1H3,(H,18,20). The number of amides is 1. The molecule has 0 fully saturated rings. The van der Waals surface area contributed by atoms with Gasteiger partial charge in [0.1, 0.15) is 6.61 Å². The van der Waals surface area contributed by atoms with Gasteiger partial charge in [0, 0.05) is 10.5 Å². The third-order valence-electron chi connectivity index (χ3n) is 2.83. The Balaban J connectivity index is 2.28. The molecule has 2 N–H and O–H groups in total. The van der Waals surface area contributed by atoms with Crippen LogP contribution < -0.4 is 5.32 Å². The van der Waals surface area contributed by atoms with Crippen LogP contribution in [0.4, 0.5) is 5.69 Å². The van der Waals surface area contributed by atoms with Gasteiger partial charge in [-0.2, -0.15) is 0 Å². The Hall–Kier alpha value is -2.22. The second kappa shape index (κ2) is 7.53. The molecule has 2 aromatic rings. The number of carbonyl (C=O) groups is 1. The fourth-order valence-corrected chi connectivity index (χ4v) is 2.45. The number of benzene rings is 2. The zero-order valence-corrected chi connectivity index (χ0v) is 12.4. The van der Waals surface area contributed by atoms with Crippen LogP contribution in [-0.4, -0.2) is 23.9 Å². The molecule has 0 atom stereocenters. The molecule has 2 rings (SSSR count). The van der Waals surface area contributed by atoms with E-state index in [2.05, 4.69) is 17.2 Å². The summed E-state index contributed by atoms with van der Waals surface area (Å²) in [7, 11) is 0. The van der Waals surface area contributed by atoms with E-state index in [1.807, 2.05) is 36.6 Å². The molecule has 3 nitrogen and oxygen atoms in total. The number of hydrogen-bond donors (Lipinski definition) is 2. The normalized spacial score (nSPS) is 9.62. The third-order valence-corrected chi connectivity index (χ3v) is 3.62. The molecule has 0 radical (unpaired) electrons. The number of para-hydroxylation sites is 1. The topological polar surface area (TPSA) is 49.3 Å². The number of aliphatic hydroxyl groups excluding tert-OH is 1. The summed E-state index contributed by atoms with van der Waals surface area (Å²) in [6, 6.07) is 14.7. The van der Waals surface area contributed by atoms with Crippen molar-refractivity contribution in [3.05, 3.63) is 59.7 Å². The molecule has 0 unspecified atom stereocenters. The minimum Gasteiger partial charge on any atom is -0.384 e. The van der Waals surface area contributed by atoms with Gasteiger partial charge in [-0.05, 0) is 30.5 Å². The van der Waals surface area contributed by atoms with Gasteiger partial charge in [-0.25, -0.2) is 0 Å². The molecule has 0 aliphatic rings. The van der Waals surface area contributed by atoms with Crippen molar-refractivity contribution in [2.45, 2.75) is 4.90 Å². The summed E-state index contributed by atoms with van der Waals surface area (Å²) >= 11 is 1.53. The number of rotatable bonds is 3. The van der Waals surface area contributed by atoms with Crippen molar-refractivity contribution < 1.29 is 9.90 Å². The Labute approximate surface area is 128 Å². The zero-order valence-electron chi connectivity index (χ0n) is 11.6. The number of nitrogens with one attached hydrogen (secondary N) is 1. The van der Waals surface area contributed by atoms with Gasteiger partial charge >= 0.3 is 0 Å². The van der Waals surface area contributed by atoms with E-state index in [4.69, 9.17) is 5.11 Å². The summed E-state index contributed by atoms with van der Waals surface area (Å²) in [6.45, 7) is -0.211. The predicted molar refractivity (Wildman–Crippen MR) is 86.6 cm³/mol. The molecule has 0 aliphatic carbocycles. The van der Waals surface area contributed by atoms with Crippen LogP contribution >= 0.6 is 11.8 Å². The first kappa shape index (κ1) is 15.2. The maximum Gasteiger partial charge on any atom is 0.256 e. The molecule has 0 aromatic heterocycles. The van der Waals surface area contributed by atoms with Gasteiger partial charge in [-0.15, -0.1) is 11.8 Å². The largest absolute Gasteiger partial charge is 0.384 e. The monoisotopic (exact) mass is 297 g/mol. The Morgan fingerprint density at radius 1 is 1.19 bits per heavy atom. The summed E-state index contributed by atoms with van der Waals surface area (Å²) in [6.07, 6.45) is 1.94. The van der Waals surface area contributed by atoms with Crippen molar-refractivity contribution in [2.75, 3.05) is 18.2 Å². The summed E-state index contributed by atoms with van der Waals surface area (Å²) in [5, 5.41) is 11.7. The van der Waals surface area contributed by atoms with E-state index in [-0.39, 0.29) is 12.5 Å². The van der Waals surface area contributed by atoms with Crippen LogP contribution in [-0.2, 0) is 0 Å². The number of thioether (sulfide) groups is 1. The molecule has 21 heavy (non-hydrogen) atoms. The molecule has 0 bridgehead atoms. The lowest BCUT2D eigenvalue weighted by atomic mass is 10.1. The second-order valence-corrected chi connectivity index (χ2v) is 5.01. The van der Waals surface area contributed by atoms with Crippen LogP contribution in [0.2, 0.25) is 0 Å². The van der Waals surface area contributed by atoms with E-state index in [0.29, 0.717) is 16.8 Å². The first-order chi connectivity index (χ1) is 10.3. The van der Waals surface area contributed by atoms with Crippen molar-refractivity contribution >= 4 is 23.4 Å². The highest BCUT2D eigenvalue weighted by atomic mass is 32.2. The average Bonchev–Trinajstić information content (AvgIpc) is 2.54. The molecule has 0 saturated heterocycles. The molecule has 1 amide bonds. The van der Waals surface area contributed by atoms with Crippen molar-refractivity contribution in [1.82, 2.24) is 0 Å². The first-order valence-electron chi connectivity index (χ1n) is 6.39. The van der Waals surface area contributed by atoms with Gasteiger partial charge in [-0.1, -0.05) is 36.1 Å². The van der Waals surface area contributed by atoms with Crippen LogP contribution in [0.3, 0.4) is 0 Å². The van der Waals surface area contributed by atoms with Crippen molar-refractivity contribution in [3.8, 4) is 11.8 Å². The van der Waals surface area contributed by atoms with Gasteiger partial charge in [-0.3, -0.25) is 4.79 Å². The quantitative estimate of drug-likeness (QED) is 0.676. The zero-order chi connectivity index (χ0) is 15.1. The fraction of sp³-hybridized carbons (Fsp3) is 0.118. The lowest BCUT2D eigenvalue weighted by molar-refractivity contribution is 0.102. The van der Waals surface area contributed by atoms with Crippen LogP contribution in [0.25, 0.3) is 0 Å².